The first-order chi connectivity index (χ1) is 11.6. The van der Waals surface area contributed by atoms with E-state index in [1.165, 1.54) is 0 Å². The van der Waals surface area contributed by atoms with Crippen LogP contribution in [0.15, 0.2) is 46.9 Å². The first-order valence-corrected chi connectivity index (χ1v) is 7.33. The lowest BCUT2D eigenvalue weighted by molar-refractivity contribution is -0.118. The van der Waals surface area contributed by atoms with Crippen molar-refractivity contribution >= 4 is 28.3 Å². The van der Waals surface area contributed by atoms with Gasteiger partial charge in [0.25, 0.3) is 5.91 Å². The fraction of sp³-hybridized carbons (Fsp3) is 0.111. The predicted octanol–water partition coefficient (Wildman–Crippen LogP) is 3.00. The highest BCUT2D eigenvalue weighted by molar-refractivity contribution is 6.10. The molecule has 1 aromatic heterocycles. The summed E-state index contributed by atoms with van der Waals surface area (Å²) in [5.74, 6) is 0.905. The minimum atomic E-state index is -0.271. The van der Waals surface area contributed by atoms with Gasteiger partial charge in [-0.15, -0.1) is 0 Å². The highest BCUT2D eigenvalue weighted by atomic mass is 16.5. The van der Waals surface area contributed by atoms with Crippen LogP contribution >= 0.6 is 0 Å². The zero-order valence-corrected chi connectivity index (χ0v) is 12.8. The van der Waals surface area contributed by atoms with Crippen LogP contribution in [0.5, 0.6) is 11.5 Å². The van der Waals surface area contributed by atoms with Crippen molar-refractivity contribution in [3.05, 3.63) is 53.8 Å². The standard InChI is InChI=1S/C18H13NO5/c1-22-12-4-2-10-7-16(24-15(10)8-12)18(21)11-3-5-14-13(6-11)19-17(20)9-23-14/h2-8H,9H2,1H3,(H,19,20). The molecule has 3 aromatic rings. The van der Waals surface area contributed by atoms with Gasteiger partial charge in [0.2, 0.25) is 5.78 Å². The Morgan fingerprint density at radius 1 is 1.17 bits per heavy atom. The van der Waals surface area contributed by atoms with Crippen molar-refractivity contribution in [1.82, 2.24) is 0 Å². The number of amides is 1. The Balaban J connectivity index is 1.71. The van der Waals surface area contributed by atoms with Crippen molar-refractivity contribution in [2.45, 2.75) is 0 Å². The number of methoxy groups -OCH3 is 1. The molecular formula is C18H13NO5. The monoisotopic (exact) mass is 323 g/mol. The molecule has 120 valence electrons. The second-order valence-corrected chi connectivity index (χ2v) is 5.39. The lowest BCUT2D eigenvalue weighted by Gasteiger charge is -2.18. The molecule has 1 aliphatic rings. The van der Waals surface area contributed by atoms with Crippen molar-refractivity contribution in [3.63, 3.8) is 0 Å². The number of ether oxygens (including phenoxy) is 2. The molecule has 0 bridgehead atoms. The van der Waals surface area contributed by atoms with Crippen LogP contribution in [0, 0.1) is 0 Å². The normalized spacial score (nSPS) is 13.1. The summed E-state index contributed by atoms with van der Waals surface area (Å²) < 4.78 is 16.1. The number of hydrogen-bond donors (Lipinski definition) is 1. The maximum Gasteiger partial charge on any atom is 0.262 e. The SMILES string of the molecule is COc1ccc2cc(C(=O)c3ccc4c(c3)NC(=O)CO4)oc2c1. The molecule has 4 rings (SSSR count). The maximum atomic E-state index is 12.7. The molecule has 0 fully saturated rings. The van der Waals surface area contributed by atoms with Gasteiger partial charge in [-0.05, 0) is 36.4 Å². The molecular weight excluding hydrogens is 310 g/mol. The Morgan fingerprint density at radius 3 is 2.88 bits per heavy atom. The number of benzene rings is 2. The number of fused-ring (bicyclic) bond motifs is 2. The lowest BCUT2D eigenvalue weighted by Crippen LogP contribution is -2.25. The van der Waals surface area contributed by atoms with Gasteiger partial charge in [0.15, 0.2) is 12.4 Å². The summed E-state index contributed by atoms with van der Waals surface area (Å²) in [6.45, 7) is -0.0221. The Hall–Kier alpha value is -3.28. The van der Waals surface area contributed by atoms with Crippen LogP contribution in [0.1, 0.15) is 16.1 Å². The maximum absolute atomic E-state index is 12.7. The number of carbonyl (C=O) groups excluding carboxylic acids is 2. The molecule has 24 heavy (non-hydrogen) atoms. The molecule has 0 saturated carbocycles. The van der Waals surface area contributed by atoms with Gasteiger partial charge in [0, 0.05) is 17.0 Å². The summed E-state index contributed by atoms with van der Waals surface area (Å²) in [6.07, 6.45) is 0. The van der Waals surface area contributed by atoms with Gasteiger partial charge in [-0.3, -0.25) is 9.59 Å². The van der Waals surface area contributed by atoms with Crippen molar-refractivity contribution < 1.29 is 23.5 Å². The Morgan fingerprint density at radius 2 is 2.04 bits per heavy atom. The molecule has 2 aromatic carbocycles. The van der Waals surface area contributed by atoms with E-state index in [9.17, 15) is 9.59 Å². The highest BCUT2D eigenvalue weighted by Crippen LogP contribution is 2.30. The molecule has 6 heteroatoms. The number of anilines is 1. The van der Waals surface area contributed by atoms with Gasteiger partial charge in [0.1, 0.15) is 17.1 Å². The number of furan rings is 1. The average Bonchev–Trinajstić information content (AvgIpc) is 3.03. The minimum Gasteiger partial charge on any atom is -0.497 e. The third-order valence-electron chi connectivity index (χ3n) is 3.83. The molecule has 6 nitrogen and oxygen atoms in total. The first-order valence-electron chi connectivity index (χ1n) is 7.33. The van der Waals surface area contributed by atoms with Crippen molar-refractivity contribution in [3.8, 4) is 11.5 Å². The van der Waals surface area contributed by atoms with Crippen LogP contribution < -0.4 is 14.8 Å². The third kappa shape index (κ3) is 2.38. The fourth-order valence-electron chi connectivity index (χ4n) is 2.62. The zero-order chi connectivity index (χ0) is 16.7. The molecule has 0 atom stereocenters. The summed E-state index contributed by atoms with van der Waals surface area (Å²) >= 11 is 0. The fourth-order valence-corrected chi connectivity index (χ4v) is 2.62. The molecule has 0 saturated heterocycles. The van der Waals surface area contributed by atoms with Crippen LogP contribution in [0.25, 0.3) is 11.0 Å². The Labute approximate surface area is 137 Å². The summed E-state index contributed by atoms with van der Waals surface area (Å²) in [5, 5.41) is 3.50. The topological polar surface area (TPSA) is 77.8 Å². The number of nitrogens with one attached hydrogen (secondary N) is 1. The zero-order valence-electron chi connectivity index (χ0n) is 12.8. The van der Waals surface area contributed by atoms with E-state index in [1.807, 2.05) is 6.07 Å². The van der Waals surface area contributed by atoms with Crippen LogP contribution in [-0.4, -0.2) is 25.4 Å². The van der Waals surface area contributed by atoms with E-state index < -0.39 is 0 Å². The van der Waals surface area contributed by atoms with E-state index in [1.54, 1.807) is 43.5 Å². The average molecular weight is 323 g/mol. The van der Waals surface area contributed by atoms with Gasteiger partial charge in [-0.1, -0.05) is 0 Å². The number of carbonyl (C=O) groups is 2. The molecule has 1 N–H and O–H groups in total. The molecule has 0 aliphatic carbocycles. The van der Waals surface area contributed by atoms with Gasteiger partial charge < -0.3 is 19.2 Å². The van der Waals surface area contributed by atoms with Gasteiger partial charge in [0.05, 0.1) is 12.8 Å². The minimum absolute atomic E-state index is 0.0221. The largest absolute Gasteiger partial charge is 0.497 e. The van der Waals surface area contributed by atoms with E-state index >= 15 is 0 Å². The van der Waals surface area contributed by atoms with Crippen molar-refractivity contribution in [2.24, 2.45) is 0 Å². The number of rotatable bonds is 3. The van der Waals surface area contributed by atoms with E-state index in [0.29, 0.717) is 28.3 Å². The molecule has 1 amide bonds. The van der Waals surface area contributed by atoms with Gasteiger partial charge in [-0.2, -0.15) is 0 Å². The lowest BCUT2D eigenvalue weighted by atomic mass is 10.1. The quantitative estimate of drug-likeness (QED) is 0.750. The summed E-state index contributed by atoms with van der Waals surface area (Å²) in [4.78, 5) is 24.1. The molecule has 0 unspecified atom stereocenters. The summed E-state index contributed by atoms with van der Waals surface area (Å²) in [5.41, 5.74) is 1.47. The summed E-state index contributed by atoms with van der Waals surface area (Å²) in [7, 11) is 1.57. The van der Waals surface area contributed by atoms with Gasteiger partial charge >= 0.3 is 0 Å². The Kier molecular flexibility index (Phi) is 3.23. The molecule has 2 heterocycles. The van der Waals surface area contributed by atoms with E-state index in [2.05, 4.69) is 5.32 Å². The summed E-state index contributed by atoms with van der Waals surface area (Å²) in [6, 6.07) is 11.9. The van der Waals surface area contributed by atoms with Crippen LogP contribution in [-0.2, 0) is 4.79 Å². The van der Waals surface area contributed by atoms with E-state index in [4.69, 9.17) is 13.9 Å². The molecule has 1 aliphatic heterocycles. The van der Waals surface area contributed by atoms with Gasteiger partial charge in [-0.25, -0.2) is 0 Å². The first kappa shape index (κ1) is 14.3. The highest BCUT2D eigenvalue weighted by Gasteiger charge is 2.20. The second-order valence-electron chi connectivity index (χ2n) is 5.39. The van der Waals surface area contributed by atoms with E-state index in [0.717, 1.165) is 5.39 Å². The van der Waals surface area contributed by atoms with Crippen LogP contribution in [0.2, 0.25) is 0 Å². The van der Waals surface area contributed by atoms with Crippen molar-refractivity contribution in [1.29, 1.82) is 0 Å². The smallest absolute Gasteiger partial charge is 0.262 e. The number of ketones is 1. The Bertz CT molecular complexity index is 973. The van der Waals surface area contributed by atoms with E-state index in [-0.39, 0.29) is 24.1 Å². The number of hydrogen-bond acceptors (Lipinski definition) is 5. The molecule has 0 radical (unpaired) electrons. The van der Waals surface area contributed by atoms with Crippen LogP contribution in [0.4, 0.5) is 5.69 Å². The second kappa shape index (κ2) is 5.42. The predicted molar refractivity (Wildman–Crippen MR) is 86.8 cm³/mol. The van der Waals surface area contributed by atoms with Crippen LogP contribution in [0.3, 0.4) is 0 Å². The van der Waals surface area contributed by atoms with Crippen molar-refractivity contribution in [2.75, 3.05) is 19.0 Å². The molecule has 0 spiro atoms. The third-order valence-corrected chi connectivity index (χ3v) is 3.83.